The van der Waals surface area contributed by atoms with Gasteiger partial charge in [-0.25, -0.2) is 5.43 Å². The van der Waals surface area contributed by atoms with Crippen LogP contribution in [0.4, 0.5) is 0 Å². The maximum atomic E-state index is 11.9. The Balaban J connectivity index is 2.35. The second-order valence-corrected chi connectivity index (χ2v) is 3.69. The molecule has 0 radical (unpaired) electrons. The van der Waals surface area contributed by atoms with Crippen LogP contribution < -0.4 is 5.43 Å². The normalized spacial score (nSPS) is 10.9. The summed E-state index contributed by atoms with van der Waals surface area (Å²) in [5.74, 6) is -0.175. The Morgan fingerprint density at radius 1 is 1.24 bits per heavy atom. The molecule has 0 aliphatic heterocycles. The third-order valence-electron chi connectivity index (χ3n) is 2.47. The van der Waals surface area contributed by atoms with E-state index in [9.17, 15) is 4.79 Å². The molecule has 0 saturated heterocycles. The lowest BCUT2D eigenvalue weighted by molar-refractivity contribution is 0.0956. The van der Waals surface area contributed by atoms with Crippen molar-refractivity contribution in [2.24, 2.45) is 5.10 Å². The number of carbonyl (C=O) groups is 1. The lowest BCUT2D eigenvalue weighted by Gasteiger charge is -2.04. The van der Waals surface area contributed by atoms with Crippen molar-refractivity contribution in [1.82, 2.24) is 5.43 Å². The average Bonchev–Trinajstić information content (AvgIpc) is 2.38. The van der Waals surface area contributed by atoms with Crippen LogP contribution >= 0.6 is 0 Å². The molecule has 0 spiro atoms. The fourth-order valence-electron chi connectivity index (χ4n) is 1.68. The van der Waals surface area contributed by atoms with Crippen LogP contribution in [0, 0.1) is 0 Å². The molecule has 0 aliphatic carbocycles. The molecule has 2 aromatic carbocycles. The Bertz CT molecular complexity index is 556. The molecule has 17 heavy (non-hydrogen) atoms. The molecule has 1 amide bonds. The number of hydrogen-bond donors (Lipinski definition) is 1. The molecular weight excluding hydrogens is 212 g/mol. The first-order valence-corrected chi connectivity index (χ1v) is 5.62. The molecule has 0 unspecified atom stereocenters. The number of hydrogen-bond acceptors (Lipinski definition) is 2. The van der Waals surface area contributed by atoms with Gasteiger partial charge in [0.15, 0.2) is 0 Å². The number of amides is 1. The van der Waals surface area contributed by atoms with Crippen LogP contribution in [0.1, 0.15) is 23.7 Å². The zero-order chi connectivity index (χ0) is 12.1. The van der Waals surface area contributed by atoms with Gasteiger partial charge in [0, 0.05) is 11.8 Å². The monoisotopic (exact) mass is 226 g/mol. The van der Waals surface area contributed by atoms with E-state index in [2.05, 4.69) is 10.5 Å². The second kappa shape index (κ2) is 5.25. The minimum atomic E-state index is -0.175. The molecule has 2 aromatic rings. The van der Waals surface area contributed by atoms with Gasteiger partial charge in [0.2, 0.25) is 0 Å². The van der Waals surface area contributed by atoms with E-state index in [1.807, 2.05) is 43.3 Å². The quantitative estimate of drug-likeness (QED) is 0.634. The van der Waals surface area contributed by atoms with Gasteiger partial charge < -0.3 is 0 Å². The molecule has 0 aromatic heterocycles. The number of rotatable bonds is 3. The Hall–Kier alpha value is -2.16. The smallest absolute Gasteiger partial charge is 0.267 e. The van der Waals surface area contributed by atoms with E-state index < -0.39 is 0 Å². The van der Waals surface area contributed by atoms with Gasteiger partial charge in [-0.2, -0.15) is 5.10 Å². The van der Waals surface area contributed by atoms with Crippen LogP contribution in [0.5, 0.6) is 0 Å². The number of nitrogens with zero attached hydrogens (tertiary/aromatic N) is 1. The van der Waals surface area contributed by atoms with Crippen LogP contribution in [0.25, 0.3) is 10.8 Å². The molecule has 3 heteroatoms. The standard InChI is InChI=1S/C14H14N2O/c1-2-10-15-16-14(17)13-9-5-7-11-6-3-4-8-12(11)13/h3-10H,2H2,1H3,(H,16,17)/b15-10+. The highest BCUT2D eigenvalue weighted by atomic mass is 16.2. The summed E-state index contributed by atoms with van der Waals surface area (Å²) in [6, 6.07) is 13.5. The van der Waals surface area contributed by atoms with E-state index in [4.69, 9.17) is 0 Å². The van der Waals surface area contributed by atoms with Crippen molar-refractivity contribution in [3.8, 4) is 0 Å². The van der Waals surface area contributed by atoms with Crippen molar-refractivity contribution in [1.29, 1.82) is 0 Å². The van der Waals surface area contributed by atoms with Crippen molar-refractivity contribution in [3.05, 3.63) is 48.0 Å². The Morgan fingerprint density at radius 2 is 2.00 bits per heavy atom. The first-order valence-electron chi connectivity index (χ1n) is 5.62. The van der Waals surface area contributed by atoms with Gasteiger partial charge in [-0.3, -0.25) is 4.79 Å². The van der Waals surface area contributed by atoms with Gasteiger partial charge in [-0.15, -0.1) is 0 Å². The van der Waals surface area contributed by atoms with Gasteiger partial charge >= 0.3 is 0 Å². The van der Waals surface area contributed by atoms with E-state index in [-0.39, 0.29) is 5.91 Å². The maximum Gasteiger partial charge on any atom is 0.271 e. The average molecular weight is 226 g/mol. The van der Waals surface area contributed by atoms with Gasteiger partial charge in [0.1, 0.15) is 0 Å². The zero-order valence-corrected chi connectivity index (χ0v) is 9.68. The minimum absolute atomic E-state index is 0.175. The SMILES string of the molecule is CC/C=N/NC(=O)c1cccc2ccccc12. The third kappa shape index (κ3) is 2.50. The van der Waals surface area contributed by atoms with E-state index in [0.717, 1.165) is 17.2 Å². The lowest BCUT2D eigenvalue weighted by atomic mass is 10.0. The van der Waals surface area contributed by atoms with Crippen molar-refractivity contribution in [2.45, 2.75) is 13.3 Å². The highest BCUT2D eigenvalue weighted by Gasteiger charge is 2.07. The van der Waals surface area contributed by atoms with Crippen LogP contribution in [0.3, 0.4) is 0 Å². The molecule has 0 bridgehead atoms. The number of fused-ring (bicyclic) bond motifs is 1. The first kappa shape index (κ1) is 11.3. The number of carbonyl (C=O) groups excluding carboxylic acids is 1. The van der Waals surface area contributed by atoms with E-state index >= 15 is 0 Å². The molecule has 0 saturated carbocycles. The number of nitrogens with one attached hydrogen (secondary N) is 1. The van der Waals surface area contributed by atoms with Gasteiger partial charge in [-0.1, -0.05) is 43.3 Å². The van der Waals surface area contributed by atoms with E-state index in [1.165, 1.54) is 0 Å². The fraction of sp³-hybridized carbons (Fsp3) is 0.143. The van der Waals surface area contributed by atoms with Crippen LogP contribution in [0.2, 0.25) is 0 Å². The number of benzene rings is 2. The Morgan fingerprint density at radius 3 is 2.82 bits per heavy atom. The molecule has 0 heterocycles. The van der Waals surface area contributed by atoms with Crippen LogP contribution in [-0.4, -0.2) is 12.1 Å². The highest BCUT2D eigenvalue weighted by molar-refractivity contribution is 6.07. The van der Waals surface area contributed by atoms with Crippen molar-refractivity contribution < 1.29 is 4.79 Å². The maximum absolute atomic E-state index is 11.9. The third-order valence-corrected chi connectivity index (χ3v) is 2.47. The van der Waals surface area contributed by atoms with Gasteiger partial charge in [0.25, 0.3) is 5.91 Å². The van der Waals surface area contributed by atoms with Crippen molar-refractivity contribution in [2.75, 3.05) is 0 Å². The summed E-state index contributed by atoms with van der Waals surface area (Å²) < 4.78 is 0. The lowest BCUT2D eigenvalue weighted by Crippen LogP contribution is -2.17. The van der Waals surface area contributed by atoms with E-state index in [1.54, 1.807) is 12.3 Å². The summed E-state index contributed by atoms with van der Waals surface area (Å²) in [6.45, 7) is 1.97. The summed E-state index contributed by atoms with van der Waals surface area (Å²) in [7, 11) is 0. The van der Waals surface area contributed by atoms with Gasteiger partial charge in [0.05, 0.1) is 0 Å². The largest absolute Gasteiger partial charge is 0.271 e. The topological polar surface area (TPSA) is 41.5 Å². The van der Waals surface area contributed by atoms with Crippen molar-refractivity contribution in [3.63, 3.8) is 0 Å². The zero-order valence-electron chi connectivity index (χ0n) is 9.68. The minimum Gasteiger partial charge on any atom is -0.267 e. The molecule has 3 nitrogen and oxygen atoms in total. The molecule has 0 atom stereocenters. The molecule has 86 valence electrons. The summed E-state index contributed by atoms with van der Waals surface area (Å²) in [5.41, 5.74) is 3.17. The van der Waals surface area contributed by atoms with Crippen LogP contribution in [0.15, 0.2) is 47.6 Å². The number of hydrazone groups is 1. The Labute approximate surface area is 100 Å². The molecule has 0 fully saturated rings. The van der Waals surface area contributed by atoms with Crippen LogP contribution in [-0.2, 0) is 0 Å². The van der Waals surface area contributed by atoms with Gasteiger partial charge in [-0.05, 0) is 23.3 Å². The first-order chi connectivity index (χ1) is 8.33. The molecule has 0 aliphatic rings. The van der Waals surface area contributed by atoms with E-state index in [0.29, 0.717) is 5.56 Å². The predicted molar refractivity (Wildman–Crippen MR) is 70.2 cm³/mol. The van der Waals surface area contributed by atoms with Crippen molar-refractivity contribution >= 4 is 22.9 Å². The summed E-state index contributed by atoms with van der Waals surface area (Å²) in [6.07, 6.45) is 2.47. The molecular formula is C14H14N2O. The summed E-state index contributed by atoms with van der Waals surface area (Å²) in [5, 5.41) is 5.85. The highest BCUT2D eigenvalue weighted by Crippen LogP contribution is 2.18. The summed E-state index contributed by atoms with van der Waals surface area (Å²) >= 11 is 0. The predicted octanol–water partition coefficient (Wildman–Crippen LogP) is 2.97. The second-order valence-electron chi connectivity index (χ2n) is 3.69. The summed E-state index contributed by atoms with van der Waals surface area (Å²) in [4.78, 5) is 11.9. The Kier molecular flexibility index (Phi) is 3.50. The fourth-order valence-corrected chi connectivity index (χ4v) is 1.68. The molecule has 2 rings (SSSR count). The molecule has 1 N–H and O–H groups in total.